The molecule has 0 spiro atoms. The second-order valence-electron chi connectivity index (χ2n) is 5.20. The second kappa shape index (κ2) is 5.78. The molecule has 1 fully saturated rings. The molecule has 1 unspecified atom stereocenters. The molecule has 0 bridgehead atoms. The number of hydrogen-bond acceptors (Lipinski definition) is 5. The first kappa shape index (κ1) is 12.8. The van der Waals surface area contributed by atoms with Crippen LogP contribution in [0.2, 0.25) is 0 Å². The number of rotatable bonds is 5. The molecule has 0 N–H and O–H groups in total. The highest BCUT2D eigenvalue weighted by molar-refractivity contribution is 7.09. The number of anilines is 1. The molecule has 96 valence electrons. The van der Waals surface area contributed by atoms with Gasteiger partial charge in [0.2, 0.25) is 5.13 Å². The van der Waals surface area contributed by atoms with Crippen molar-refractivity contribution in [2.75, 3.05) is 31.7 Å². The van der Waals surface area contributed by atoms with E-state index in [2.05, 4.69) is 35.2 Å². The third-order valence-corrected chi connectivity index (χ3v) is 3.80. The average Bonchev–Trinajstić information content (AvgIpc) is 2.87. The molecule has 17 heavy (non-hydrogen) atoms. The van der Waals surface area contributed by atoms with E-state index in [9.17, 15) is 0 Å². The molecule has 0 aliphatic carbocycles. The Balaban J connectivity index is 1.89. The summed E-state index contributed by atoms with van der Waals surface area (Å²) in [6.07, 6.45) is 2.14. The van der Waals surface area contributed by atoms with Crippen molar-refractivity contribution in [1.82, 2.24) is 9.36 Å². The van der Waals surface area contributed by atoms with Gasteiger partial charge in [0.05, 0.1) is 6.61 Å². The molecule has 0 saturated carbocycles. The van der Waals surface area contributed by atoms with Gasteiger partial charge in [-0.05, 0) is 12.3 Å². The lowest BCUT2D eigenvalue weighted by Crippen LogP contribution is -2.25. The van der Waals surface area contributed by atoms with Crippen molar-refractivity contribution in [3.63, 3.8) is 0 Å². The standard InChI is InChI=1S/C12H21N3OS/c1-9(2)6-11-13-12(17-14-11)15(3)7-10-4-5-16-8-10/h9-10H,4-8H2,1-3H3. The third-order valence-electron chi connectivity index (χ3n) is 2.93. The maximum atomic E-state index is 5.39. The highest BCUT2D eigenvalue weighted by Gasteiger charge is 2.19. The minimum atomic E-state index is 0.617. The minimum Gasteiger partial charge on any atom is -0.381 e. The quantitative estimate of drug-likeness (QED) is 0.808. The molecule has 1 atom stereocenters. The molecular formula is C12H21N3OS. The van der Waals surface area contributed by atoms with Gasteiger partial charge in [0.25, 0.3) is 0 Å². The zero-order valence-corrected chi connectivity index (χ0v) is 11.7. The number of nitrogens with zero attached hydrogens (tertiary/aromatic N) is 3. The molecule has 0 aromatic carbocycles. The third kappa shape index (κ3) is 3.64. The van der Waals surface area contributed by atoms with Crippen molar-refractivity contribution >= 4 is 16.7 Å². The van der Waals surface area contributed by atoms with E-state index >= 15 is 0 Å². The zero-order valence-electron chi connectivity index (χ0n) is 10.8. The van der Waals surface area contributed by atoms with Gasteiger partial charge in [0.1, 0.15) is 5.82 Å². The van der Waals surface area contributed by atoms with Crippen molar-refractivity contribution < 1.29 is 4.74 Å². The molecular weight excluding hydrogens is 234 g/mol. The van der Waals surface area contributed by atoms with Crippen LogP contribution in [0.5, 0.6) is 0 Å². The molecule has 1 saturated heterocycles. The Morgan fingerprint density at radius 3 is 3.00 bits per heavy atom. The number of ether oxygens (including phenoxy) is 1. The number of hydrogen-bond donors (Lipinski definition) is 0. The van der Waals surface area contributed by atoms with E-state index in [1.165, 1.54) is 18.0 Å². The summed E-state index contributed by atoms with van der Waals surface area (Å²) in [6, 6.07) is 0. The van der Waals surface area contributed by atoms with Crippen LogP contribution in [0.3, 0.4) is 0 Å². The van der Waals surface area contributed by atoms with Gasteiger partial charge in [-0.25, -0.2) is 4.98 Å². The highest BCUT2D eigenvalue weighted by Crippen LogP contribution is 2.21. The lowest BCUT2D eigenvalue weighted by molar-refractivity contribution is 0.186. The summed E-state index contributed by atoms with van der Waals surface area (Å²) in [5.41, 5.74) is 0. The topological polar surface area (TPSA) is 38.2 Å². The van der Waals surface area contributed by atoms with Crippen molar-refractivity contribution in [2.24, 2.45) is 11.8 Å². The van der Waals surface area contributed by atoms with Crippen LogP contribution in [0.25, 0.3) is 0 Å². The van der Waals surface area contributed by atoms with E-state index in [-0.39, 0.29) is 0 Å². The second-order valence-corrected chi connectivity index (χ2v) is 5.93. The molecule has 1 aromatic rings. The Bertz CT molecular complexity index is 347. The predicted octanol–water partition coefficient (Wildman–Crippen LogP) is 2.21. The maximum absolute atomic E-state index is 5.39. The van der Waals surface area contributed by atoms with Gasteiger partial charge in [0.15, 0.2) is 0 Å². The van der Waals surface area contributed by atoms with E-state index in [1.807, 2.05) is 0 Å². The van der Waals surface area contributed by atoms with Gasteiger partial charge >= 0.3 is 0 Å². The monoisotopic (exact) mass is 255 g/mol. The van der Waals surface area contributed by atoms with E-state index in [0.29, 0.717) is 11.8 Å². The normalized spacial score (nSPS) is 20.1. The first-order valence-corrected chi connectivity index (χ1v) is 7.04. The fourth-order valence-electron chi connectivity index (χ4n) is 2.04. The van der Waals surface area contributed by atoms with Crippen LogP contribution in [0.4, 0.5) is 5.13 Å². The fraction of sp³-hybridized carbons (Fsp3) is 0.833. The molecule has 2 rings (SSSR count). The molecule has 1 aliphatic heterocycles. The summed E-state index contributed by atoms with van der Waals surface area (Å²) in [6.45, 7) is 7.21. The Labute approximate surface area is 107 Å². The first-order chi connectivity index (χ1) is 8.15. The molecule has 1 aromatic heterocycles. The van der Waals surface area contributed by atoms with Crippen molar-refractivity contribution in [2.45, 2.75) is 26.7 Å². The molecule has 0 radical (unpaired) electrons. The van der Waals surface area contributed by atoms with Crippen molar-refractivity contribution in [1.29, 1.82) is 0 Å². The van der Waals surface area contributed by atoms with E-state index in [4.69, 9.17) is 4.74 Å². The predicted molar refractivity (Wildman–Crippen MR) is 70.6 cm³/mol. The SMILES string of the molecule is CC(C)Cc1nsc(N(C)CC2CCOC2)n1. The first-order valence-electron chi connectivity index (χ1n) is 6.26. The molecule has 1 aliphatic rings. The minimum absolute atomic E-state index is 0.617. The Morgan fingerprint density at radius 2 is 2.35 bits per heavy atom. The van der Waals surface area contributed by atoms with Crippen molar-refractivity contribution in [3.05, 3.63) is 5.82 Å². The van der Waals surface area contributed by atoms with Gasteiger partial charge in [-0.3, -0.25) is 0 Å². The summed E-state index contributed by atoms with van der Waals surface area (Å²) in [7, 11) is 2.10. The van der Waals surface area contributed by atoms with Crippen LogP contribution in [-0.4, -0.2) is 36.2 Å². The van der Waals surface area contributed by atoms with Crippen LogP contribution in [0, 0.1) is 11.8 Å². The average molecular weight is 255 g/mol. The van der Waals surface area contributed by atoms with Gasteiger partial charge < -0.3 is 9.64 Å². The molecule has 2 heterocycles. The fourth-order valence-corrected chi connectivity index (χ4v) is 2.70. The lowest BCUT2D eigenvalue weighted by Gasteiger charge is -2.18. The molecule has 5 heteroatoms. The Hall–Kier alpha value is -0.680. The van der Waals surface area contributed by atoms with E-state index in [1.54, 1.807) is 0 Å². The molecule has 4 nitrogen and oxygen atoms in total. The van der Waals surface area contributed by atoms with Gasteiger partial charge in [-0.1, -0.05) is 13.8 Å². The summed E-state index contributed by atoms with van der Waals surface area (Å²) < 4.78 is 9.80. The van der Waals surface area contributed by atoms with Crippen LogP contribution in [-0.2, 0) is 11.2 Å². The van der Waals surface area contributed by atoms with Crippen LogP contribution in [0.15, 0.2) is 0 Å². The van der Waals surface area contributed by atoms with E-state index < -0.39 is 0 Å². The Morgan fingerprint density at radius 1 is 1.53 bits per heavy atom. The number of aromatic nitrogens is 2. The summed E-state index contributed by atoms with van der Waals surface area (Å²) in [5, 5.41) is 1.03. The van der Waals surface area contributed by atoms with E-state index in [0.717, 1.165) is 37.1 Å². The maximum Gasteiger partial charge on any atom is 0.204 e. The van der Waals surface area contributed by atoms with Gasteiger partial charge in [-0.15, -0.1) is 0 Å². The van der Waals surface area contributed by atoms with Crippen LogP contribution < -0.4 is 4.90 Å². The Kier molecular flexibility index (Phi) is 4.34. The largest absolute Gasteiger partial charge is 0.381 e. The highest BCUT2D eigenvalue weighted by atomic mass is 32.1. The molecule has 0 amide bonds. The smallest absolute Gasteiger partial charge is 0.204 e. The summed E-state index contributed by atoms with van der Waals surface area (Å²) in [4.78, 5) is 6.79. The van der Waals surface area contributed by atoms with Crippen LogP contribution in [0.1, 0.15) is 26.1 Å². The van der Waals surface area contributed by atoms with Gasteiger partial charge in [0, 0.05) is 44.1 Å². The summed E-state index contributed by atoms with van der Waals surface area (Å²) in [5.74, 6) is 2.25. The zero-order chi connectivity index (χ0) is 12.3. The van der Waals surface area contributed by atoms with Crippen molar-refractivity contribution in [3.8, 4) is 0 Å². The van der Waals surface area contributed by atoms with Crippen LogP contribution >= 0.6 is 11.5 Å². The summed E-state index contributed by atoms with van der Waals surface area (Å²) >= 11 is 1.51. The van der Waals surface area contributed by atoms with Gasteiger partial charge in [-0.2, -0.15) is 4.37 Å². The lowest BCUT2D eigenvalue weighted by atomic mass is 10.1.